The Hall–Kier alpha value is -2.47. The molecule has 23 heavy (non-hydrogen) atoms. The lowest BCUT2D eigenvalue weighted by atomic mass is 10.0. The zero-order valence-electron chi connectivity index (χ0n) is 13.3. The second-order valence-corrected chi connectivity index (χ2v) is 6.50. The highest BCUT2D eigenvalue weighted by Gasteiger charge is 2.13. The van der Waals surface area contributed by atoms with Crippen LogP contribution in [0.4, 0.5) is 5.82 Å². The highest BCUT2D eigenvalue weighted by molar-refractivity contribution is 7.13. The normalized spacial score (nSPS) is 11.0. The maximum Gasteiger partial charge on any atom is 0.276 e. The van der Waals surface area contributed by atoms with E-state index >= 15 is 0 Å². The number of nitrogens with zero attached hydrogens (tertiary/aromatic N) is 3. The van der Waals surface area contributed by atoms with Crippen molar-refractivity contribution in [3.8, 4) is 10.6 Å². The average Bonchev–Trinajstić information content (AvgIpc) is 3.16. The SMILES string of the molecule is CC(C)c1ccc(-c2nc(C(=O)Nc3ccn(C)n3)cs2)cc1. The molecule has 0 saturated carbocycles. The van der Waals surface area contributed by atoms with Gasteiger partial charge >= 0.3 is 0 Å². The second kappa shape index (κ2) is 6.34. The van der Waals surface area contributed by atoms with Crippen LogP contribution in [0.5, 0.6) is 0 Å². The van der Waals surface area contributed by atoms with Gasteiger partial charge in [-0.3, -0.25) is 9.48 Å². The molecule has 0 spiro atoms. The molecule has 0 unspecified atom stereocenters. The van der Waals surface area contributed by atoms with E-state index in [1.54, 1.807) is 29.4 Å². The lowest BCUT2D eigenvalue weighted by Crippen LogP contribution is -2.12. The summed E-state index contributed by atoms with van der Waals surface area (Å²) in [5, 5.41) is 9.48. The summed E-state index contributed by atoms with van der Waals surface area (Å²) in [6, 6.07) is 10.1. The minimum atomic E-state index is -0.245. The zero-order valence-corrected chi connectivity index (χ0v) is 14.1. The molecule has 0 aliphatic carbocycles. The maximum absolute atomic E-state index is 12.2. The fourth-order valence-corrected chi connectivity index (χ4v) is 2.99. The summed E-state index contributed by atoms with van der Waals surface area (Å²) in [6.07, 6.45) is 1.78. The van der Waals surface area contributed by atoms with E-state index in [-0.39, 0.29) is 5.91 Å². The van der Waals surface area contributed by atoms with Crippen LogP contribution in [-0.2, 0) is 7.05 Å². The molecule has 0 saturated heterocycles. The molecule has 2 heterocycles. The van der Waals surface area contributed by atoms with Crippen molar-refractivity contribution in [3.05, 3.63) is 53.2 Å². The molecule has 2 aromatic heterocycles. The standard InChI is InChI=1S/C17H18N4OS/c1-11(2)12-4-6-13(7-5-12)17-18-14(10-23-17)16(22)19-15-8-9-21(3)20-15/h4-11H,1-3H3,(H,19,20,22). The van der Waals surface area contributed by atoms with Gasteiger partial charge in [-0.15, -0.1) is 11.3 Å². The number of benzene rings is 1. The first kappa shape index (κ1) is 15.4. The van der Waals surface area contributed by atoms with Crippen molar-refractivity contribution in [1.29, 1.82) is 0 Å². The van der Waals surface area contributed by atoms with Crippen LogP contribution < -0.4 is 5.32 Å². The van der Waals surface area contributed by atoms with Gasteiger partial charge in [0.15, 0.2) is 5.82 Å². The third-order valence-electron chi connectivity index (χ3n) is 3.52. The summed E-state index contributed by atoms with van der Waals surface area (Å²) < 4.78 is 1.64. The molecular weight excluding hydrogens is 308 g/mol. The van der Waals surface area contributed by atoms with Crippen LogP contribution >= 0.6 is 11.3 Å². The van der Waals surface area contributed by atoms with E-state index in [0.717, 1.165) is 10.6 Å². The molecular formula is C17H18N4OS. The van der Waals surface area contributed by atoms with Crippen molar-refractivity contribution in [3.63, 3.8) is 0 Å². The Balaban J connectivity index is 1.75. The van der Waals surface area contributed by atoms with Crippen LogP contribution in [0, 0.1) is 0 Å². The fourth-order valence-electron chi connectivity index (χ4n) is 2.18. The highest BCUT2D eigenvalue weighted by atomic mass is 32.1. The van der Waals surface area contributed by atoms with Crippen molar-refractivity contribution in [2.24, 2.45) is 7.05 Å². The molecule has 0 bridgehead atoms. The van der Waals surface area contributed by atoms with Gasteiger partial charge in [-0.25, -0.2) is 4.98 Å². The number of hydrogen-bond donors (Lipinski definition) is 1. The zero-order chi connectivity index (χ0) is 16.4. The monoisotopic (exact) mass is 326 g/mol. The predicted molar refractivity (Wildman–Crippen MR) is 92.8 cm³/mol. The van der Waals surface area contributed by atoms with Crippen LogP contribution in [-0.4, -0.2) is 20.7 Å². The summed E-state index contributed by atoms with van der Waals surface area (Å²) in [4.78, 5) is 16.6. The largest absolute Gasteiger partial charge is 0.304 e. The Morgan fingerprint density at radius 3 is 2.57 bits per heavy atom. The molecule has 0 radical (unpaired) electrons. The molecule has 0 aliphatic rings. The Bertz CT molecular complexity index is 817. The molecule has 1 amide bonds. The first-order chi connectivity index (χ1) is 11.0. The first-order valence-corrected chi connectivity index (χ1v) is 8.28. The van der Waals surface area contributed by atoms with Gasteiger partial charge in [0, 0.05) is 30.3 Å². The number of aryl methyl sites for hydroxylation is 1. The van der Waals surface area contributed by atoms with Gasteiger partial charge in [0.2, 0.25) is 0 Å². The number of anilines is 1. The fraction of sp³-hybridized carbons (Fsp3) is 0.235. The lowest BCUT2D eigenvalue weighted by molar-refractivity contribution is 0.102. The summed E-state index contributed by atoms with van der Waals surface area (Å²) in [5.41, 5.74) is 2.72. The number of rotatable bonds is 4. The summed E-state index contributed by atoms with van der Waals surface area (Å²) in [6.45, 7) is 4.33. The number of hydrogen-bond acceptors (Lipinski definition) is 4. The van der Waals surface area contributed by atoms with Gasteiger partial charge < -0.3 is 5.32 Å². The maximum atomic E-state index is 12.2. The Labute approximate surface area is 139 Å². The third-order valence-corrected chi connectivity index (χ3v) is 4.41. The van der Waals surface area contributed by atoms with E-state index < -0.39 is 0 Å². The van der Waals surface area contributed by atoms with Crippen LogP contribution in [0.15, 0.2) is 41.9 Å². The Kier molecular flexibility index (Phi) is 4.25. The summed E-state index contributed by atoms with van der Waals surface area (Å²) in [5.74, 6) is 0.776. The minimum absolute atomic E-state index is 0.245. The predicted octanol–water partition coefficient (Wildman–Crippen LogP) is 3.92. The number of carbonyl (C=O) groups excluding carboxylic acids is 1. The van der Waals surface area contributed by atoms with Crippen molar-refractivity contribution in [2.45, 2.75) is 19.8 Å². The molecule has 3 rings (SSSR count). The molecule has 1 N–H and O–H groups in total. The topological polar surface area (TPSA) is 59.8 Å². The molecule has 0 atom stereocenters. The smallest absolute Gasteiger partial charge is 0.276 e. The molecule has 6 heteroatoms. The molecule has 0 fully saturated rings. The quantitative estimate of drug-likeness (QED) is 0.790. The van der Waals surface area contributed by atoms with Crippen molar-refractivity contribution < 1.29 is 4.79 Å². The van der Waals surface area contributed by atoms with E-state index in [1.165, 1.54) is 16.9 Å². The van der Waals surface area contributed by atoms with E-state index in [1.807, 2.05) is 0 Å². The molecule has 0 aliphatic heterocycles. The van der Waals surface area contributed by atoms with E-state index in [4.69, 9.17) is 0 Å². The van der Waals surface area contributed by atoms with Crippen LogP contribution in [0.1, 0.15) is 35.8 Å². The van der Waals surface area contributed by atoms with Crippen LogP contribution in [0.3, 0.4) is 0 Å². The number of carbonyl (C=O) groups is 1. The van der Waals surface area contributed by atoms with Gasteiger partial charge in [0.05, 0.1) is 0 Å². The number of aromatic nitrogens is 3. The Morgan fingerprint density at radius 2 is 1.96 bits per heavy atom. The Morgan fingerprint density at radius 1 is 1.22 bits per heavy atom. The molecule has 118 valence electrons. The van der Waals surface area contributed by atoms with Crippen molar-refractivity contribution in [1.82, 2.24) is 14.8 Å². The van der Waals surface area contributed by atoms with Gasteiger partial charge in [-0.1, -0.05) is 38.1 Å². The summed E-state index contributed by atoms with van der Waals surface area (Å²) >= 11 is 1.46. The molecule has 3 aromatic rings. The van der Waals surface area contributed by atoms with E-state index in [0.29, 0.717) is 17.4 Å². The van der Waals surface area contributed by atoms with Gasteiger partial charge in [0.25, 0.3) is 5.91 Å². The number of thiazole rings is 1. The van der Waals surface area contributed by atoms with E-state index in [9.17, 15) is 4.79 Å². The molecule has 1 aromatic carbocycles. The highest BCUT2D eigenvalue weighted by Crippen LogP contribution is 2.26. The van der Waals surface area contributed by atoms with Crippen molar-refractivity contribution in [2.75, 3.05) is 5.32 Å². The number of nitrogens with one attached hydrogen (secondary N) is 1. The summed E-state index contributed by atoms with van der Waals surface area (Å²) in [7, 11) is 1.80. The van der Waals surface area contributed by atoms with Crippen LogP contribution in [0.25, 0.3) is 10.6 Å². The van der Waals surface area contributed by atoms with E-state index in [2.05, 4.69) is 53.5 Å². The number of amides is 1. The lowest BCUT2D eigenvalue weighted by Gasteiger charge is -2.05. The first-order valence-electron chi connectivity index (χ1n) is 7.40. The third kappa shape index (κ3) is 3.48. The molecule has 5 nitrogen and oxygen atoms in total. The minimum Gasteiger partial charge on any atom is -0.304 e. The van der Waals surface area contributed by atoms with Gasteiger partial charge in [-0.2, -0.15) is 5.10 Å². The van der Waals surface area contributed by atoms with Crippen molar-refractivity contribution >= 4 is 23.1 Å². The average molecular weight is 326 g/mol. The second-order valence-electron chi connectivity index (χ2n) is 5.64. The van der Waals surface area contributed by atoms with Gasteiger partial charge in [0.1, 0.15) is 10.7 Å². The van der Waals surface area contributed by atoms with Crippen LogP contribution in [0.2, 0.25) is 0 Å². The van der Waals surface area contributed by atoms with Gasteiger partial charge in [-0.05, 0) is 11.5 Å².